The maximum atomic E-state index is 11.6. The normalized spacial score (nSPS) is 13.3. The molecule has 1 atom stereocenters. The van der Waals surface area contributed by atoms with Crippen LogP contribution in [0.1, 0.15) is 13.3 Å². The van der Waals surface area contributed by atoms with E-state index in [9.17, 15) is 14.7 Å². The lowest BCUT2D eigenvalue weighted by atomic mass is 10.0. The van der Waals surface area contributed by atoms with Crippen molar-refractivity contribution in [2.75, 3.05) is 13.2 Å². The van der Waals surface area contributed by atoms with Gasteiger partial charge in [-0.3, -0.25) is 9.59 Å². The van der Waals surface area contributed by atoms with Crippen LogP contribution in [0.25, 0.3) is 0 Å². The second-order valence-electron chi connectivity index (χ2n) is 4.71. The second-order valence-corrected chi connectivity index (χ2v) is 6.48. The van der Waals surface area contributed by atoms with Crippen LogP contribution in [0.2, 0.25) is 0 Å². The smallest absolute Gasteiger partial charge is 0.306 e. The van der Waals surface area contributed by atoms with Crippen molar-refractivity contribution in [3.05, 3.63) is 27.1 Å². The molecule has 0 aliphatic carbocycles. The van der Waals surface area contributed by atoms with Crippen LogP contribution in [0.15, 0.2) is 27.1 Å². The van der Waals surface area contributed by atoms with Gasteiger partial charge in [0.25, 0.3) is 5.91 Å². The van der Waals surface area contributed by atoms with E-state index < -0.39 is 23.9 Å². The fraction of sp³-hybridized carbons (Fsp3) is 0.385. The number of nitrogens with one attached hydrogen (secondary N) is 1. The van der Waals surface area contributed by atoms with Crippen LogP contribution < -0.4 is 10.1 Å². The molecule has 0 heterocycles. The minimum atomic E-state index is -1.50. The van der Waals surface area contributed by atoms with Crippen molar-refractivity contribution < 1.29 is 24.5 Å². The summed E-state index contributed by atoms with van der Waals surface area (Å²) in [6.07, 6.45) is -0.452. The number of rotatable bonds is 7. The van der Waals surface area contributed by atoms with Gasteiger partial charge in [-0.15, -0.1) is 0 Å². The van der Waals surface area contributed by atoms with Gasteiger partial charge in [0.05, 0.1) is 16.5 Å². The van der Waals surface area contributed by atoms with E-state index in [0.717, 1.165) is 4.47 Å². The first-order chi connectivity index (χ1) is 9.69. The molecular weight excluding hydrogens is 410 g/mol. The van der Waals surface area contributed by atoms with Crippen LogP contribution >= 0.6 is 31.9 Å². The fourth-order valence-electron chi connectivity index (χ4n) is 1.46. The monoisotopic (exact) mass is 423 g/mol. The second kappa shape index (κ2) is 7.77. The molecule has 0 spiro atoms. The molecule has 0 saturated heterocycles. The summed E-state index contributed by atoms with van der Waals surface area (Å²) < 4.78 is 6.89. The summed E-state index contributed by atoms with van der Waals surface area (Å²) in [5.41, 5.74) is -1.50. The Morgan fingerprint density at radius 1 is 1.38 bits per heavy atom. The van der Waals surface area contributed by atoms with Gasteiger partial charge in [-0.1, -0.05) is 15.9 Å². The number of aliphatic hydroxyl groups is 1. The molecule has 3 N–H and O–H groups in total. The maximum absolute atomic E-state index is 11.6. The third kappa shape index (κ3) is 6.92. The van der Waals surface area contributed by atoms with Gasteiger partial charge < -0.3 is 20.3 Å². The molecule has 0 aliphatic rings. The van der Waals surface area contributed by atoms with E-state index in [4.69, 9.17) is 9.84 Å². The van der Waals surface area contributed by atoms with Crippen LogP contribution in [0.5, 0.6) is 5.75 Å². The molecule has 21 heavy (non-hydrogen) atoms. The number of benzene rings is 1. The molecule has 1 aromatic rings. The van der Waals surface area contributed by atoms with Gasteiger partial charge in [-0.25, -0.2) is 0 Å². The number of halogens is 2. The highest BCUT2D eigenvalue weighted by molar-refractivity contribution is 9.11. The third-order valence-corrected chi connectivity index (χ3v) is 3.56. The maximum Gasteiger partial charge on any atom is 0.306 e. The summed E-state index contributed by atoms with van der Waals surface area (Å²) in [5, 5.41) is 20.8. The molecular formula is C13H15Br2NO5. The summed E-state index contributed by atoms with van der Waals surface area (Å²) in [6.45, 7) is 0.944. The van der Waals surface area contributed by atoms with E-state index >= 15 is 0 Å². The van der Waals surface area contributed by atoms with Crippen LogP contribution in [-0.4, -0.2) is 40.8 Å². The molecule has 116 valence electrons. The first kappa shape index (κ1) is 17.9. The van der Waals surface area contributed by atoms with E-state index in [1.54, 1.807) is 18.2 Å². The Bertz CT molecular complexity index is 533. The lowest BCUT2D eigenvalue weighted by Gasteiger charge is -2.21. The van der Waals surface area contributed by atoms with E-state index in [0.29, 0.717) is 10.2 Å². The average Bonchev–Trinajstić information content (AvgIpc) is 2.34. The van der Waals surface area contributed by atoms with E-state index in [-0.39, 0.29) is 13.2 Å². The Labute approximate surface area is 138 Å². The number of carboxylic acid groups (broad SMARTS) is 1. The van der Waals surface area contributed by atoms with Crippen molar-refractivity contribution >= 4 is 43.7 Å². The topological polar surface area (TPSA) is 95.9 Å². The molecule has 1 unspecified atom stereocenters. The zero-order valence-corrected chi connectivity index (χ0v) is 14.4. The van der Waals surface area contributed by atoms with Gasteiger partial charge in [0.2, 0.25) is 0 Å². The first-order valence-electron chi connectivity index (χ1n) is 5.98. The van der Waals surface area contributed by atoms with Gasteiger partial charge >= 0.3 is 5.97 Å². The molecule has 0 saturated carbocycles. The zero-order chi connectivity index (χ0) is 16.0. The minimum absolute atomic E-state index is 0.164. The summed E-state index contributed by atoms with van der Waals surface area (Å²) in [7, 11) is 0. The molecule has 1 rings (SSSR count). The van der Waals surface area contributed by atoms with E-state index in [1.807, 2.05) is 0 Å². The van der Waals surface area contributed by atoms with Crippen LogP contribution in [0.3, 0.4) is 0 Å². The molecule has 8 heteroatoms. The first-order valence-corrected chi connectivity index (χ1v) is 7.57. The lowest BCUT2D eigenvalue weighted by molar-refractivity contribution is -0.142. The van der Waals surface area contributed by atoms with Crippen molar-refractivity contribution in [2.45, 2.75) is 18.9 Å². The molecule has 6 nitrogen and oxygen atoms in total. The Hall–Kier alpha value is -1.12. The van der Waals surface area contributed by atoms with Crippen molar-refractivity contribution in [1.82, 2.24) is 5.32 Å². The van der Waals surface area contributed by atoms with Crippen molar-refractivity contribution in [3.8, 4) is 5.75 Å². The van der Waals surface area contributed by atoms with Crippen LogP contribution in [0.4, 0.5) is 0 Å². The van der Waals surface area contributed by atoms with Gasteiger partial charge in [-0.05, 0) is 41.1 Å². The van der Waals surface area contributed by atoms with Gasteiger partial charge in [0, 0.05) is 11.0 Å². The Morgan fingerprint density at radius 2 is 2.05 bits per heavy atom. The van der Waals surface area contributed by atoms with Crippen molar-refractivity contribution in [2.24, 2.45) is 0 Å². The van der Waals surface area contributed by atoms with Crippen molar-refractivity contribution in [3.63, 3.8) is 0 Å². The number of carbonyl (C=O) groups excluding carboxylic acids is 1. The van der Waals surface area contributed by atoms with E-state index in [2.05, 4.69) is 37.2 Å². The highest BCUT2D eigenvalue weighted by Crippen LogP contribution is 2.28. The SMILES string of the molecule is CC(O)(CNC(=O)COc1ccc(Br)cc1Br)CC(=O)O. The van der Waals surface area contributed by atoms with Crippen molar-refractivity contribution in [1.29, 1.82) is 0 Å². The molecule has 0 aromatic heterocycles. The molecule has 1 amide bonds. The molecule has 0 bridgehead atoms. The van der Waals surface area contributed by atoms with Gasteiger partial charge in [0.1, 0.15) is 5.75 Å². The number of ether oxygens (including phenoxy) is 1. The summed E-state index contributed by atoms with van der Waals surface area (Å²) in [6, 6.07) is 5.25. The zero-order valence-electron chi connectivity index (χ0n) is 11.2. The molecule has 0 fully saturated rings. The number of carboxylic acids is 1. The fourth-order valence-corrected chi connectivity index (χ4v) is 2.63. The number of amides is 1. The van der Waals surface area contributed by atoms with Gasteiger partial charge in [0.15, 0.2) is 6.61 Å². The van der Waals surface area contributed by atoms with Crippen LogP contribution in [0, 0.1) is 0 Å². The Morgan fingerprint density at radius 3 is 2.62 bits per heavy atom. The summed E-state index contributed by atoms with van der Waals surface area (Å²) in [5.74, 6) is -1.08. The van der Waals surface area contributed by atoms with Crippen LogP contribution in [-0.2, 0) is 9.59 Å². The number of hydrogen-bond acceptors (Lipinski definition) is 4. The van der Waals surface area contributed by atoms with E-state index in [1.165, 1.54) is 6.92 Å². The molecule has 0 aliphatic heterocycles. The predicted molar refractivity (Wildman–Crippen MR) is 83.2 cm³/mol. The summed E-state index contributed by atoms with van der Waals surface area (Å²) in [4.78, 5) is 22.1. The highest BCUT2D eigenvalue weighted by atomic mass is 79.9. The number of hydrogen-bond donors (Lipinski definition) is 3. The predicted octanol–water partition coefficient (Wildman–Crippen LogP) is 1.93. The third-order valence-electron chi connectivity index (χ3n) is 2.45. The quantitative estimate of drug-likeness (QED) is 0.621. The minimum Gasteiger partial charge on any atom is -0.483 e. The number of carbonyl (C=O) groups is 2. The van der Waals surface area contributed by atoms with Gasteiger partial charge in [-0.2, -0.15) is 0 Å². The number of aliphatic carboxylic acids is 1. The summed E-state index contributed by atoms with van der Waals surface area (Å²) >= 11 is 6.61. The molecule has 1 aromatic carbocycles. The Balaban J connectivity index is 2.42. The standard InChI is InChI=1S/C13H15Br2NO5/c1-13(20,5-12(18)19)7-16-11(17)6-21-10-3-2-8(14)4-9(10)15/h2-4,20H,5-7H2,1H3,(H,16,17)(H,18,19). The molecule has 0 radical (unpaired) electrons. The lowest BCUT2D eigenvalue weighted by Crippen LogP contribution is -2.43. The average molecular weight is 425 g/mol. The Kier molecular flexibility index (Phi) is 6.63. The largest absolute Gasteiger partial charge is 0.483 e. The highest BCUT2D eigenvalue weighted by Gasteiger charge is 2.24.